The Hall–Kier alpha value is -1.56. The van der Waals surface area contributed by atoms with Crippen molar-refractivity contribution >= 4 is 5.69 Å². The summed E-state index contributed by atoms with van der Waals surface area (Å²) in [6, 6.07) is 7.05. The van der Waals surface area contributed by atoms with Gasteiger partial charge in [-0.3, -0.25) is 0 Å². The largest absolute Gasteiger partial charge is 0.381 e. The summed E-state index contributed by atoms with van der Waals surface area (Å²) >= 11 is 0. The van der Waals surface area contributed by atoms with Crippen LogP contribution in [0.15, 0.2) is 18.2 Å². The van der Waals surface area contributed by atoms with Crippen LogP contribution in [0.3, 0.4) is 0 Å². The van der Waals surface area contributed by atoms with Crippen LogP contribution < -0.4 is 5.32 Å². The van der Waals surface area contributed by atoms with Gasteiger partial charge in [0.15, 0.2) is 0 Å². The van der Waals surface area contributed by atoms with Gasteiger partial charge in [-0.25, -0.2) is 4.39 Å². The molecule has 0 heterocycles. The highest BCUT2D eigenvalue weighted by atomic mass is 19.1. The SMILES string of the molecule is CCCC1CC1Nc1cccc(F)c1C#N. The molecular weight excluding hydrogens is 203 g/mol. The number of hydrogen-bond donors (Lipinski definition) is 1. The third-order valence-electron chi connectivity index (χ3n) is 3.05. The zero-order valence-electron chi connectivity index (χ0n) is 9.33. The van der Waals surface area contributed by atoms with Gasteiger partial charge >= 0.3 is 0 Å². The summed E-state index contributed by atoms with van der Waals surface area (Å²) in [6.45, 7) is 2.16. The first-order valence-electron chi connectivity index (χ1n) is 5.71. The number of halogens is 1. The summed E-state index contributed by atoms with van der Waals surface area (Å²) in [4.78, 5) is 0. The summed E-state index contributed by atoms with van der Waals surface area (Å²) in [5.74, 6) is 0.250. The Morgan fingerprint density at radius 3 is 3.06 bits per heavy atom. The maximum Gasteiger partial charge on any atom is 0.143 e. The van der Waals surface area contributed by atoms with E-state index in [2.05, 4.69) is 12.2 Å². The quantitative estimate of drug-likeness (QED) is 0.841. The molecule has 0 aliphatic heterocycles. The summed E-state index contributed by atoms with van der Waals surface area (Å²) in [7, 11) is 0. The molecule has 0 spiro atoms. The van der Waals surface area contributed by atoms with Gasteiger partial charge in [0, 0.05) is 6.04 Å². The van der Waals surface area contributed by atoms with Gasteiger partial charge in [-0.15, -0.1) is 0 Å². The maximum atomic E-state index is 13.3. The first-order valence-corrected chi connectivity index (χ1v) is 5.71. The molecule has 1 fully saturated rings. The Morgan fingerprint density at radius 2 is 2.38 bits per heavy atom. The molecule has 0 radical (unpaired) electrons. The molecule has 2 nitrogen and oxygen atoms in total. The molecule has 84 valence electrons. The highest BCUT2D eigenvalue weighted by Crippen LogP contribution is 2.37. The normalized spacial score (nSPS) is 22.6. The molecule has 1 aromatic carbocycles. The van der Waals surface area contributed by atoms with Gasteiger partial charge in [0.05, 0.1) is 5.69 Å². The lowest BCUT2D eigenvalue weighted by Crippen LogP contribution is -2.06. The average Bonchev–Trinajstić information content (AvgIpc) is 2.97. The molecule has 0 aromatic heterocycles. The van der Waals surface area contributed by atoms with E-state index in [1.807, 2.05) is 6.07 Å². The second-order valence-corrected chi connectivity index (χ2v) is 4.31. The van der Waals surface area contributed by atoms with Crippen molar-refractivity contribution in [3.63, 3.8) is 0 Å². The van der Waals surface area contributed by atoms with Gasteiger partial charge in [-0.2, -0.15) is 5.26 Å². The molecule has 0 saturated heterocycles. The van der Waals surface area contributed by atoms with Crippen molar-refractivity contribution in [2.24, 2.45) is 5.92 Å². The lowest BCUT2D eigenvalue weighted by Gasteiger charge is -2.07. The number of benzene rings is 1. The van der Waals surface area contributed by atoms with E-state index < -0.39 is 5.82 Å². The van der Waals surface area contributed by atoms with Crippen LogP contribution in [0.1, 0.15) is 31.7 Å². The summed E-state index contributed by atoms with van der Waals surface area (Å²) in [5, 5.41) is 12.1. The van der Waals surface area contributed by atoms with Crippen molar-refractivity contribution in [1.82, 2.24) is 0 Å². The van der Waals surface area contributed by atoms with E-state index in [9.17, 15) is 4.39 Å². The van der Waals surface area contributed by atoms with Crippen LogP contribution in [0.4, 0.5) is 10.1 Å². The van der Waals surface area contributed by atoms with E-state index in [4.69, 9.17) is 5.26 Å². The van der Waals surface area contributed by atoms with Gasteiger partial charge < -0.3 is 5.32 Å². The summed E-state index contributed by atoms with van der Waals surface area (Å²) in [5.41, 5.74) is 0.760. The number of nitrogens with zero attached hydrogens (tertiary/aromatic N) is 1. The predicted molar refractivity (Wildman–Crippen MR) is 61.5 cm³/mol. The van der Waals surface area contributed by atoms with Crippen molar-refractivity contribution in [3.8, 4) is 6.07 Å². The number of nitrogens with one attached hydrogen (secondary N) is 1. The molecule has 16 heavy (non-hydrogen) atoms. The molecular formula is C13H15FN2. The average molecular weight is 218 g/mol. The third-order valence-corrected chi connectivity index (χ3v) is 3.05. The lowest BCUT2D eigenvalue weighted by atomic mass is 10.1. The number of hydrogen-bond acceptors (Lipinski definition) is 2. The maximum absolute atomic E-state index is 13.3. The standard InChI is InChI=1S/C13H15FN2/c1-2-4-9-7-13(9)16-12-6-3-5-11(14)10(12)8-15/h3,5-6,9,13,16H,2,4,7H2,1H3. The second-order valence-electron chi connectivity index (χ2n) is 4.31. The molecule has 0 bridgehead atoms. The van der Waals surface area contributed by atoms with E-state index in [0.717, 1.165) is 6.42 Å². The Bertz CT molecular complexity index is 422. The van der Waals surface area contributed by atoms with E-state index in [1.165, 1.54) is 18.9 Å². The fraction of sp³-hybridized carbons (Fsp3) is 0.462. The zero-order valence-corrected chi connectivity index (χ0v) is 9.33. The van der Waals surface area contributed by atoms with Crippen molar-refractivity contribution < 1.29 is 4.39 Å². The van der Waals surface area contributed by atoms with Crippen LogP contribution in [-0.2, 0) is 0 Å². The number of nitriles is 1. The Labute approximate surface area is 95.1 Å². The summed E-state index contributed by atoms with van der Waals surface area (Å²) in [6.07, 6.45) is 3.52. The van der Waals surface area contributed by atoms with E-state index in [-0.39, 0.29) is 5.56 Å². The molecule has 1 saturated carbocycles. The van der Waals surface area contributed by atoms with Crippen molar-refractivity contribution in [2.75, 3.05) is 5.32 Å². The van der Waals surface area contributed by atoms with Crippen LogP contribution in [0.5, 0.6) is 0 Å². The minimum atomic E-state index is -0.444. The van der Waals surface area contributed by atoms with Gasteiger partial charge in [0.1, 0.15) is 17.4 Å². The van der Waals surface area contributed by atoms with Gasteiger partial charge in [-0.05, 0) is 30.9 Å². The molecule has 2 atom stereocenters. The van der Waals surface area contributed by atoms with Crippen molar-refractivity contribution in [2.45, 2.75) is 32.2 Å². The number of anilines is 1. The number of rotatable bonds is 4. The highest BCUT2D eigenvalue weighted by Gasteiger charge is 2.36. The fourth-order valence-corrected chi connectivity index (χ4v) is 2.07. The molecule has 1 aliphatic carbocycles. The van der Waals surface area contributed by atoms with Crippen LogP contribution >= 0.6 is 0 Å². The van der Waals surface area contributed by atoms with Crippen molar-refractivity contribution in [1.29, 1.82) is 5.26 Å². The molecule has 3 heteroatoms. The molecule has 1 aliphatic rings. The van der Waals surface area contributed by atoms with Crippen LogP contribution in [0.2, 0.25) is 0 Å². The van der Waals surface area contributed by atoms with Crippen LogP contribution in [0.25, 0.3) is 0 Å². The topological polar surface area (TPSA) is 35.8 Å². The monoisotopic (exact) mass is 218 g/mol. The van der Waals surface area contributed by atoms with Gasteiger partial charge in [0.25, 0.3) is 0 Å². The summed E-state index contributed by atoms with van der Waals surface area (Å²) < 4.78 is 13.3. The highest BCUT2D eigenvalue weighted by molar-refractivity contribution is 5.59. The predicted octanol–water partition coefficient (Wildman–Crippen LogP) is 3.30. The Morgan fingerprint density at radius 1 is 1.56 bits per heavy atom. The minimum Gasteiger partial charge on any atom is -0.381 e. The van der Waals surface area contributed by atoms with Crippen molar-refractivity contribution in [3.05, 3.63) is 29.6 Å². The van der Waals surface area contributed by atoms with Crippen LogP contribution in [0, 0.1) is 23.1 Å². The molecule has 0 amide bonds. The first-order chi connectivity index (χ1) is 7.76. The van der Waals surface area contributed by atoms with Crippen LogP contribution in [-0.4, -0.2) is 6.04 Å². The second kappa shape index (κ2) is 4.52. The van der Waals surface area contributed by atoms with Gasteiger partial charge in [-0.1, -0.05) is 19.4 Å². The Kier molecular flexibility index (Phi) is 3.09. The zero-order chi connectivity index (χ0) is 11.5. The fourth-order valence-electron chi connectivity index (χ4n) is 2.07. The van der Waals surface area contributed by atoms with Gasteiger partial charge in [0.2, 0.25) is 0 Å². The lowest BCUT2D eigenvalue weighted by molar-refractivity contribution is 0.624. The molecule has 1 aromatic rings. The molecule has 1 N–H and O–H groups in total. The van der Waals surface area contributed by atoms with E-state index in [1.54, 1.807) is 12.1 Å². The minimum absolute atomic E-state index is 0.129. The molecule has 2 unspecified atom stereocenters. The molecule has 2 rings (SSSR count). The smallest absolute Gasteiger partial charge is 0.143 e. The first kappa shape index (κ1) is 10.9. The van der Waals surface area contributed by atoms with E-state index in [0.29, 0.717) is 17.6 Å². The third kappa shape index (κ3) is 2.16. The Balaban J connectivity index is 2.06. The van der Waals surface area contributed by atoms with E-state index >= 15 is 0 Å².